The number of fused-ring (bicyclic) bond motifs is 1. The molecule has 0 radical (unpaired) electrons. The Bertz CT molecular complexity index is 3840. The summed E-state index contributed by atoms with van der Waals surface area (Å²) in [6, 6.07) is 83.5. The summed E-state index contributed by atoms with van der Waals surface area (Å²) >= 11 is 1.32. The van der Waals surface area contributed by atoms with Gasteiger partial charge in [0.15, 0.2) is 12.6 Å². The van der Waals surface area contributed by atoms with Crippen LogP contribution in [0.4, 0.5) is 0 Å². The van der Waals surface area contributed by atoms with Crippen LogP contribution >= 0.6 is 11.8 Å². The standard InChI is InChI=1S/C81H81NO15S/c1-55-70(88-48-58-32-14-4-15-33-58)75(91-51-61-38-20-7-21-39-61)76(92-52-62-40-22-8-23-41-62)80(93-55)97-73-68(82-77(84)64-44-26-27-45-65(64)78(82)85)81(98-63-42-24-9-25-43-63)95-67(54-87-47-57-30-12-3-13-31-57)72(73)96-79-69(83)74(90-50-60-36-18-6-19-37-60)71(89-49-59-34-16-5-17-35-59)66(94-79)53-86-46-56-28-10-2-11-29-56/h2-45,55,66-76,79-81,83H,46-54H2,1H3/t55-,66+,67+,68+,69+,70+,71-,72+,73+,74+,75+,76-,79-,80-,81-/m0/s1. The molecule has 17 heteroatoms. The van der Waals surface area contributed by atoms with E-state index in [1.54, 1.807) is 24.3 Å². The topological polar surface area (TPSA) is 168 Å². The molecule has 9 aromatic carbocycles. The molecule has 2 amide bonds. The van der Waals surface area contributed by atoms with E-state index in [2.05, 4.69) is 0 Å². The first-order valence-electron chi connectivity index (χ1n) is 33.4. The van der Waals surface area contributed by atoms with Gasteiger partial charge in [-0.1, -0.05) is 254 Å². The Hall–Kier alpha value is -8.05. The number of aliphatic hydroxyl groups is 1. The highest BCUT2D eigenvalue weighted by atomic mass is 32.2. The van der Waals surface area contributed by atoms with Crippen LogP contribution in [0.1, 0.15) is 66.6 Å². The molecule has 98 heavy (non-hydrogen) atoms. The van der Waals surface area contributed by atoms with Crippen molar-refractivity contribution in [3.05, 3.63) is 317 Å². The summed E-state index contributed by atoms with van der Waals surface area (Å²) < 4.78 is 85.6. The second kappa shape index (κ2) is 34.1. The van der Waals surface area contributed by atoms with Gasteiger partial charge in [-0.25, -0.2) is 0 Å². The molecule has 4 aliphatic heterocycles. The number of hydrogen-bond acceptors (Lipinski definition) is 16. The predicted molar refractivity (Wildman–Crippen MR) is 368 cm³/mol. The molecule has 4 aliphatic rings. The normalized spacial score (nSPS) is 26.2. The van der Waals surface area contributed by atoms with E-state index in [1.165, 1.54) is 16.7 Å². The molecule has 0 bridgehead atoms. The number of amides is 2. The number of ether oxygens (including phenoxy) is 12. The SMILES string of the molecule is C[C@@H]1O[C@@H](O[C@H]2[C@H](O[C@@H]3O[C@H](COCc4ccccc4)[C@H](OCc4ccccc4)[C@H](OCc4ccccc4)[C@H]3O)[C@@H](COCc3ccccc3)O[C@@H](Sc3ccccc3)[C@@H]2N2C(=O)c3ccccc3C2=O)[C@@H](OCc2ccccc2)[C@H](OCc2ccccc2)[C@@H]1OCc1ccccc1. The Kier molecular flexibility index (Phi) is 23.9. The number of thioether (sulfide) groups is 1. The number of nitrogens with zero attached hydrogens (tertiary/aromatic N) is 1. The van der Waals surface area contributed by atoms with Gasteiger partial charge < -0.3 is 61.9 Å². The Morgan fingerprint density at radius 2 is 0.704 bits per heavy atom. The minimum Gasteiger partial charge on any atom is -0.385 e. The van der Waals surface area contributed by atoms with E-state index < -0.39 is 103 Å². The molecule has 506 valence electrons. The second-order valence-electron chi connectivity index (χ2n) is 24.7. The average molecular weight is 1340 g/mol. The Labute approximate surface area is 576 Å². The van der Waals surface area contributed by atoms with Crippen LogP contribution in [-0.2, 0) is 103 Å². The molecule has 0 unspecified atom stereocenters. The van der Waals surface area contributed by atoms with Crippen molar-refractivity contribution in [1.82, 2.24) is 4.90 Å². The molecule has 16 nitrogen and oxygen atoms in total. The van der Waals surface area contributed by atoms with Crippen LogP contribution in [0.25, 0.3) is 0 Å². The molecular weight excluding hydrogens is 1260 g/mol. The van der Waals surface area contributed by atoms with Gasteiger partial charge >= 0.3 is 0 Å². The predicted octanol–water partition coefficient (Wildman–Crippen LogP) is 13.1. The van der Waals surface area contributed by atoms with Crippen molar-refractivity contribution < 1.29 is 71.5 Å². The van der Waals surface area contributed by atoms with Crippen molar-refractivity contribution in [2.45, 2.75) is 149 Å². The lowest BCUT2D eigenvalue weighted by Gasteiger charge is -2.53. The molecule has 4 heterocycles. The highest BCUT2D eigenvalue weighted by Crippen LogP contribution is 2.44. The van der Waals surface area contributed by atoms with E-state index in [-0.39, 0.29) is 70.6 Å². The molecule has 9 aromatic rings. The zero-order valence-corrected chi connectivity index (χ0v) is 55.3. The lowest BCUT2D eigenvalue weighted by molar-refractivity contribution is -0.371. The molecule has 1 N–H and O–H groups in total. The molecule has 3 fully saturated rings. The highest BCUT2D eigenvalue weighted by Gasteiger charge is 2.60. The van der Waals surface area contributed by atoms with Gasteiger partial charge in [-0.3, -0.25) is 14.5 Å². The summed E-state index contributed by atoms with van der Waals surface area (Å²) in [4.78, 5) is 33.1. The van der Waals surface area contributed by atoms with Crippen LogP contribution in [0.2, 0.25) is 0 Å². The van der Waals surface area contributed by atoms with Crippen LogP contribution in [0.3, 0.4) is 0 Å². The lowest BCUT2D eigenvalue weighted by Crippen LogP contribution is -2.70. The van der Waals surface area contributed by atoms with Crippen molar-refractivity contribution in [3.8, 4) is 0 Å². The minimum absolute atomic E-state index is 0.0313. The molecule has 3 saturated heterocycles. The molecule has 13 rings (SSSR count). The number of benzene rings is 9. The van der Waals surface area contributed by atoms with E-state index in [4.69, 9.17) is 56.8 Å². The van der Waals surface area contributed by atoms with Gasteiger partial charge in [0.2, 0.25) is 0 Å². The smallest absolute Gasteiger partial charge is 0.262 e. The summed E-state index contributed by atoms with van der Waals surface area (Å²) in [5, 5.41) is 13.4. The molecule has 15 atom stereocenters. The maximum Gasteiger partial charge on any atom is 0.262 e. The average Bonchev–Trinajstić information content (AvgIpc) is 1.46. The Morgan fingerprint density at radius 3 is 1.14 bits per heavy atom. The minimum atomic E-state index is -1.59. The summed E-state index contributed by atoms with van der Waals surface area (Å²) in [6.45, 7) is 2.84. The van der Waals surface area contributed by atoms with E-state index >= 15 is 9.59 Å². The van der Waals surface area contributed by atoms with Gasteiger partial charge in [0.1, 0.15) is 72.5 Å². The first-order chi connectivity index (χ1) is 48.3. The third-order valence-corrected chi connectivity index (χ3v) is 19.0. The third-order valence-electron chi connectivity index (χ3n) is 17.9. The molecular formula is C81H81NO15S. The lowest BCUT2D eigenvalue weighted by atomic mass is 9.94. The van der Waals surface area contributed by atoms with Crippen molar-refractivity contribution >= 4 is 23.6 Å². The second-order valence-corrected chi connectivity index (χ2v) is 25.9. The summed E-state index contributed by atoms with van der Waals surface area (Å²) in [6.07, 6.45) is -14.9. The molecule has 0 aromatic heterocycles. The number of hydrogen-bond donors (Lipinski definition) is 1. The van der Waals surface area contributed by atoms with Crippen LogP contribution in [0.15, 0.2) is 272 Å². The molecule has 0 spiro atoms. The van der Waals surface area contributed by atoms with Gasteiger partial charge in [0.05, 0.1) is 76.7 Å². The summed E-state index contributed by atoms with van der Waals surface area (Å²) in [5.41, 5.74) is 5.59. The monoisotopic (exact) mass is 1340 g/mol. The first-order valence-corrected chi connectivity index (χ1v) is 34.3. The van der Waals surface area contributed by atoms with Crippen LogP contribution in [0.5, 0.6) is 0 Å². The molecule has 0 aliphatic carbocycles. The van der Waals surface area contributed by atoms with E-state index in [0.29, 0.717) is 0 Å². The molecule has 0 saturated carbocycles. The maximum absolute atomic E-state index is 15.6. The number of imide groups is 1. The highest BCUT2D eigenvalue weighted by molar-refractivity contribution is 7.99. The number of carbonyl (C=O) groups is 2. The fourth-order valence-corrected chi connectivity index (χ4v) is 14.1. The van der Waals surface area contributed by atoms with Gasteiger partial charge in [-0.15, -0.1) is 0 Å². The maximum atomic E-state index is 15.6. The van der Waals surface area contributed by atoms with Crippen LogP contribution < -0.4 is 0 Å². The van der Waals surface area contributed by atoms with Gasteiger partial charge in [-0.05, 0) is 70.1 Å². The zero-order chi connectivity index (χ0) is 66.8. The fraction of sp³-hybridized carbons (Fsp3) is 0.309. The van der Waals surface area contributed by atoms with Gasteiger partial charge in [0.25, 0.3) is 11.8 Å². The number of carbonyl (C=O) groups excluding carboxylic acids is 2. The number of aliphatic hydroxyl groups excluding tert-OH is 1. The number of rotatable bonds is 30. The van der Waals surface area contributed by atoms with E-state index in [1.807, 2.05) is 250 Å². The summed E-state index contributed by atoms with van der Waals surface area (Å²) in [7, 11) is 0. The Balaban J connectivity index is 0.946. The largest absolute Gasteiger partial charge is 0.385 e. The third kappa shape index (κ3) is 17.3. The van der Waals surface area contributed by atoms with Crippen molar-refractivity contribution in [3.63, 3.8) is 0 Å². The van der Waals surface area contributed by atoms with E-state index in [9.17, 15) is 5.11 Å². The Morgan fingerprint density at radius 1 is 0.357 bits per heavy atom. The van der Waals surface area contributed by atoms with E-state index in [0.717, 1.165) is 43.8 Å². The van der Waals surface area contributed by atoms with Crippen molar-refractivity contribution in [2.24, 2.45) is 0 Å². The first kappa shape index (κ1) is 68.5. The van der Waals surface area contributed by atoms with Crippen LogP contribution in [0, 0.1) is 0 Å². The van der Waals surface area contributed by atoms with Crippen molar-refractivity contribution in [2.75, 3.05) is 13.2 Å². The van der Waals surface area contributed by atoms with Gasteiger partial charge in [0, 0.05) is 4.90 Å². The fourth-order valence-electron chi connectivity index (χ4n) is 12.9. The quantitative estimate of drug-likeness (QED) is 0.0422. The van der Waals surface area contributed by atoms with Crippen LogP contribution in [-0.4, -0.2) is 126 Å². The van der Waals surface area contributed by atoms with Gasteiger partial charge in [-0.2, -0.15) is 0 Å². The van der Waals surface area contributed by atoms with Crippen molar-refractivity contribution in [1.29, 1.82) is 0 Å². The zero-order valence-electron chi connectivity index (χ0n) is 54.4. The summed E-state index contributed by atoms with van der Waals surface area (Å²) in [5.74, 6) is -1.15.